The molecule has 0 bridgehead atoms. The molecular formula is C23H34N2O6. The molecule has 8 heteroatoms. The molecule has 0 aromatic heterocycles. The Morgan fingerprint density at radius 2 is 1.48 bits per heavy atom. The molecule has 1 atom stereocenters. The fourth-order valence-electron chi connectivity index (χ4n) is 2.78. The molecule has 2 N–H and O–H groups in total. The highest BCUT2D eigenvalue weighted by atomic mass is 16.6. The zero-order valence-corrected chi connectivity index (χ0v) is 18.1. The fourth-order valence-corrected chi connectivity index (χ4v) is 2.78. The van der Waals surface area contributed by atoms with Crippen LogP contribution in [0.2, 0.25) is 0 Å². The number of ether oxygens (including phenoxy) is 5. The number of terminal acetylenes is 1. The van der Waals surface area contributed by atoms with Crippen molar-refractivity contribution >= 4 is 5.91 Å². The van der Waals surface area contributed by atoms with Gasteiger partial charge < -0.3 is 34.3 Å². The first kappa shape index (κ1) is 25.3. The lowest BCUT2D eigenvalue weighted by molar-refractivity contribution is -0.127. The average Bonchev–Trinajstić information content (AvgIpc) is 2.75. The molecule has 1 saturated heterocycles. The zero-order chi connectivity index (χ0) is 22.0. The average molecular weight is 435 g/mol. The van der Waals surface area contributed by atoms with Crippen molar-refractivity contribution in [3.8, 4) is 12.3 Å². The van der Waals surface area contributed by atoms with Gasteiger partial charge in [0.05, 0.1) is 71.4 Å². The lowest BCUT2D eigenvalue weighted by Gasteiger charge is -2.28. The van der Waals surface area contributed by atoms with Gasteiger partial charge >= 0.3 is 0 Å². The summed E-state index contributed by atoms with van der Waals surface area (Å²) in [6.07, 6.45) is 5.07. The van der Waals surface area contributed by atoms with Crippen molar-refractivity contribution < 1.29 is 28.5 Å². The summed E-state index contributed by atoms with van der Waals surface area (Å²) in [5.41, 5.74) is 1.03. The van der Waals surface area contributed by atoms with Crippen LogP contribution < -0.4 is 10.6 Å². The molecule has 172 valence electrons. The zero-order valence-electron chi connectivity index (χ0n) is 18.1. The number of amides is 1. The topological polar surface area (TPSA) is 87.3 Å². The van der Waals surface area contributed by atoms with E-state index in [2.05, 4.69) is 16.6 Å². The first-order chi connectivity index (χ1) is 15.3. The Kier molecular flexibility index (Phi) is 13.6. The van der Waals surface area contributed by atoms with E-state index in [1.165, 1.54) is 0 Å². The highest BCUT2D eigenvalue weighted by Gasteiger charge is 2.27. The Morgan fingerprint density at radius 1 is 0.935 bits per heavy atom. The van der Waals surface area contributed by atoms with Crippen molar-refractivity contribution in [3.63, 3.8) is 0 Å². The second-order valence-electron chi connectivity index (χ2n) is 7.00. The molecule has 0 spiro atoms. The number of hydrogen-bond acceptors (Lipinski definition) is 7. The van der Waals surface area contributed by atoms with Crippen LogP contribution in [0.25, 0.3) is 0 Å². The summed E-state index contributed by atoms with van der Waals surface area (Å²) in [6.45, 7) is 6.07. The molecule has 1 fully saturated rings. The second kappa shape index (κ2) is 16.7. The number of benzene rings is 1. The van der Waals surface area contributed by atoms with Crippen LogP contribution in [0.4, 0.5) is 0 Å². The summed E-state index contributed by atoms with van der Waals surface area (Å²) >= 11 is 0. The maximum Gasteiger partial charge on any atom is 0.226 e. The van der Waals surface area contributed by atoms with Gasteiger partial charge in [0, 0.05) is 13.1 Å². The standard InChI is InChI=1S/C23H34N2O6/c1-2-8-27-9-10-28-11-12-29-13-14-30-15-16-31-19-22(20-6-4-3-5-7-20)25-23(26)21-17-24-18-21/h1,3-7,21-22,24H,8-19H2,(H,25,26)/t22-/m0/s1. The minimum absolute atomic E-state index is 0.0433. The van der Waals surface area contributed by atoms with Crippen LogP contribution in [0.3, 0.4) is 0 Å². The van der Waals surface area contributed by atoms with Crippen LogP contribution in [0.5, 0.6) is 0 Å². The molecule has 1 aromatic rings. The molecule has 0 saturated carbocycles. The monoisotopic (exact) mass is 434 g/mol. The van der Waals surface area contributed by atoms with Crippen LogP contribution >= 0.6 is 0 Å². The maximum absolute atomic E-state index is 12.3. The van der Waals surface area contributed by atoms with Crippen LogP contribution in [0.15, 0.2) is 30.3 Å². The van der Waals surface area contributed by atoms with Gasteiger partial charge in [-0.3, -0.25) is 4.79 Å². The van der Waals surface area contributed by atoms with E-state index in [0.29, 0.717) is 66.1 Å². The Morgan fingerprint density at radius 3 is 2.00 bits per heavy atom. The molecule has 1 aliphatic rings. The summed E-state index contributed by atoms with van der Waals surface area (Å²) in [7, 11) is 0. The van der Waals surface area contributed by atoms with Crippen LogP contribution in [0.1, 0.15) is 11.6 Å². The quantitative estimate of drug-likeness (QED) is 0.261. The maximum atomic E-state index is 12.3. The van der Waals surface area contributed by atoms with Crippen LogP contribution in [0, 0.1) is 18.3 Å². The lowest BCUT2D eigenvalue weighted by atomic mass is 10.0. The van der Waals surface area contributed by atoms with Gasteiger partial charge in [0.25, 0.3) is 0 Å². The molecule has 0 unspecified atom stereocenters. The van der Waals surface area contributed by atoms with Gasteiger partial charge in [0.1, 0.15) is 6.61 Å². The van der Waals surface area contributed by atoms with Crippen molar-refractivity contribution in [1.82, 2.24) is 10.6 Å². The summed E-state index contributed by atoms with van der Waals surface area (Å²) in [6, 6.07) is 9.69. The van der Waals surface area contributed by atoms with E-state index in [0.717, 1.165) is 18.7 Å². The van der Waals surface area contributed by atoms with Gasteiger partial charge in [-0.2, -0.15) is 0 Å². The first-order valence-electron chi connectivity index (χ1n) is 10.7. The highest BCUT2D eigenvalue weighted by Crippen LogP contribution is 2.15. The van der Waals surface area contributed by atoms with E-state index in [1.807, 2.05) is 30.3 Å². The third kappa shape index (κ3) is 11.3. The molecule has 1 heterocycles. The summed E-state index contributed by atoms with van der Waals surface area (Å²) in [5.74, 6) is 2.50. The van der Waals surface area contributed by atoms with Crippen molar-refractivity contribution in [2.45, 2.75) is 6.04 Å². The van der Waals surface area contributed by atoms with Gasteiger partial charge in [-0.15, -0.1) is 6.42 Å². The number of carbonyl (C=O) groups excluding carboxylic acids is 1. The molecule has 8 nitrogen and oxygen atoms in total. The number of rotatable bonds is 18. The lowest BCUT2D eigenvalue weighted by Crippen LogP contribution is -2.51. The van der Waals surface area contributed by atoms with Gasteiger partial charge in [0.15, 0.2) is 0 Å². The molecule has 2 rings (SSSR count). The summed E-state index contributed by atoms with van der Waals surface area (Å²) in [5, 5.41) is 6.21. The van der Waals surface area contributed by atoms with E-state index in [9.17, 15) is 4.79 Å². The van der Waals surface area contributed by atoms with Gasteiger partial charge in [-0.05, 0) is 5.56 Å². The van der Waals surface area contributed by atoms with E-state index in [-0.39, 0.29) is 17.9 Å². The molecule has 1 amide bonds. The van der Waals surface area contributed by atoms with Crippen molar-refractivity contribution in [1.29, 1.82) is 0 Å². The Balaban J connectivity index is 1.47. The number of carbonyl (C=O) groups is 1. The predicted molar refractivity (Wildman–Crippen MR) is 117 cm³/mol. The van der Waals surface area contributed by atoms with E-state index >= 15 is 0 Å². The summed E-state index contributed by atoms with van der Waals surface area (Å²) in [4.78, 5) is 12.3. The molecular weight excluding hydrogens is 400 g/mol. The third-order valence-corrected chi connectivity index (χ3v) is 4.63. The highest BCUT2D eigenvalue weighted by molar-refractivity contribution is 5.80. The number of hydrogen-bond donors (Lipinski definition) is 2. The molecule has 1 aromatic carbocycles. The predicted octanol–water partition coefficient (Wildman–Crippen LogP) is 0.780. The van der Waals surface area contributed by atoms with Crippen LogP contribution in [-0.2, 0) is 28.5 Å². The Labute approximate surface area is 184 Å². The SMILES string of the molecule is C#CCOCCOCCOCCOCCOC[C@H](NC(=O)C1CNC1)c1ccccc1. The molecule has 1 aliphatic heterocycles. The van der Waals surface area contributed by atoms with Gasteiger partial charge in [0.2, 0.25) is 5.91 Å². The first-order valence-corrected chi connectivity index (χ1v) is 10.7. The smallest absolute Gasteiger partial charge is 0.226 e. The van der Waals surface area contributed by atoms with Crippen molar-refractivity contribution in [2.24, 2.45) is 5.92 Å². The molecule has 0 aliphatic carbocycles. The normalized spacial score (nSPS) is 14.5. The van der Waals surface area contributed by atoms with E-state index < -0.39 is 0 Å². The van der Waals surface area contributed by atoms with E-state index in [1.54, 1.807) is 0 Å². The molecule has 0 radical (unpaired) electrons. The van der Waals surface area contributed by atoms with E-state index in [4.69, 9.17) is 30.1 Å². The third-order valence-electron chi connectivity index (χ3n) is 4.63. The van der Waals surface area contributed by atoms with Gasteiger partial charge in [-0.25, -0.2) is 0 Å². The summed E-state index contributed by atoms with van der Waals surface area (Å²) < 4.78 is 27.1. The van der Waals surface area contributed by atoms with Crippen molar-refractivity contribution in [3.05, 3.63) is 35.9 Å². The largest absolute Gasteiger partial charge is 0.377 e. The molecule has 31 heavy (non-hydrogen) atoms. The second-order valence-corrected chi connectivity index (χ2v) is 7.00. The minimum atomic E-state index is -0.172. The minimum Gasteiger partial charge on any atom is -0.377 e. The van der Waals surface area contributed by atoms with Gasteiger partial charge in [-0.1, -0.05) is 36.3 Å². The fraction of sp³-hybridized carbons (Fsp3) is 0.609. The Bertz CT molecular complexity index is 633. The van der Waals surface area contributed by atoms with Crippen molar-refractivity contribution in [2.75, 3.05) is 79.2 Å². The number of nitrogens with one attached hydrogen (secondary N) is 2. The Hall–Kier alpha value is -1.99. The van der Waals surface area contributed by atoms with Crippen LogP contribution in [-0.4, -0.2) is 85.1 Å².